The molecule has 0 aliphatic rings. The predicted molar refractivity (Wildman–Crippen MR) is 142 cm³/mol. The highest BCUT2D eigenvalue weighted by atomic mass is 35.5. The van der Waals surface area contributed by atoms with Crippen molar-refractivity contribution in [2.75, 3.05) is 4.90 Å². The van der Waals surface area contributed by atoms with Gasteiger partial charge in [0, 0.05) is 17.3 Å². The van der Waals surface area contributed by atoms with Gasteiger partial charge in [-0.3, -0.25) is 9.59 Å². The lowest BCUT2D eigenvalue weighted by molar-refractivity contribution is -0.120. The lowest BCUT2D eigenvalue weighted by atomic mass is 10.1. The zero-order valence-corrected chi connectivity index (χ0v) is 20.8. The van der Waals surface area contributed by atoms with Gasteiger partial charge >= 0.3 is 0 Å². The van der Waals surface area contributed by atoms with Crippen LogP contribution >= 0.6 is 23.2 Å². The van der Waals surface area contributed by atoms with Gasteiger partial charge in [0.25, 0.3) is 5.91 Å². The summed E-state index contributed by atoms with van der Waals surface area (Å²) in [7, 11) is 0. The average Bonchev–Trinajstić information content (AvgIpc) is 2.87. The van der Waals surface area contributed by atoms with Crippen molar-refractivity contribution in [1.29, 1.82) is 0 Å². The molecule has 0 aliphatic heterocycles. The van der Waals surface area contributed by atoms with E-state index < -0.39 is 0 Å². The second kappa shape index (κ2) is 11.8. The van der Waals surface area contributed by atoms with E-state index in [1.807, 2.05) is 54.6 Å². The molecule has 36 heavy (non-hydrogen) atoms. The molecule has 0 saturated carbocycles. The lowest BCUT2D eigenvalue weighted by Gasteiger charge is -2.24. The van der Waals surface area contributed by atoms with Crippen molar-refractivity contribution in [3.8, 4) is 0 Å². The van der Waals surface area contributed by atoms with Crippen molar-refractivity contribution in [1.82, 2.24) is 5.32 Å². The Kier molecular flexibility index (Phi) is 8.36. The van der Waals surface area contributed by atoms with Crippen LogP contribution in [0.2, 0.25) is 10.0 Å². The van der Waals surface area contributed by atoms with Gasteiger partial charge in [-0.05, 0) is 59.2 Å². The second-order valence-corrected chi connectivity index (χ2v) is 9.09. The molecule has 4 aromatic carbocycles. The molecular formula is C29H23Cl2FN2O2. The van der Waals surface area contributed by atoms with E-state index in [-0.39, 0.29) is 29.1 Å². The third-order valence-corrected chi connectivity index (χ3v) is 6.13. The minimum atomic E-state index is -0.323. The van der Waals surface area contributed by atoms with E-state index in [9.17, 15) is 14.0 Å². The van der Waals surface area contributed by atoms with Gasteiger partial charge in [-0.1, -0.05) is 77.8 Å². The first-order chi connectivity index (χ1) is 17.4. The van der Waals surface area contributed by atoms with E-state index >= 15 is 0 Å². The molecular weight excluding hydrogens is 498 g/mol. The number of amides is 2. The second-order valence-electron chi connectivity index (χ2n) is 8.25. The maximum atomic E-state index is 13.6. The molecule has 4 nitrogen and oxygen atoms in total. The summed E-state index contributed by atoms with van der Waals surface area (Å²) in [5.74, 6) is -0.784. The summed E-state index contributed by atoms with van der Waals surface area (Å²) in [5.41, 5.74) is 3.46. The highest BCUT2D eigenvalue weighted by Gasteiger charge is 2.21. The molecule has 0 aromatic heterocycles. The predicted octanol–water partition coefficient (Wildman–Crippen LogP) is 6.84. The maximum absolute atomic E-state index is 13.6. The molecule has 0 saturated heterocycles. The number of nitrogens with one attached hydrogen (secondary N) is 1. The maximum Gasteiger partial charge on any atom is 0.260 e. The van der Waals surface area contributed by atoms with Crippen LogP contribution in [0.15, 0.2) is 97.1 Å². The van der Waals surface area contributed by atoms with Crippen LogP contribution in [0.25, 0.3) is 0 Å². The molecule has 1 N–H and O–H groups in total. The first-order valence-electron chi connectivity index (χ1n) is 11.3. The van der Waals surface area contributed by atoms with Crippen molar-refractivity contribution in [3.05, 3.63) is 135 Å². The van der Waals surface area contributed by atoms with Crippen LogP contribution in [0.4, 0.5) is 10.1 Å². The zero-order chi connectivity index (χ0) is 25.5. The minimum Gasteiger partial charge on any atom is -0.352 e. The Balaban J connectivity index is 1.55. The molecule has 4 aromatic rings. The normalized spacial score (nSPS) is 10.6. The molecule has 0 heterocycles. The first-order valence-corrected chi connectivity index (χ1v) is 12.1. The fourth-order valence-corrected chi connectivity index (χ4v) is 4.23. The van der Waals surface area contributed by atoms with Crippen LogP contribution in [0.5, 0.6) is 0 Å². The highest BCUT2D eigenvalue weighted by Crippen LogP contribution is 2.27. The Morgan fingerprint density at radius 3 is 2.22 bits per heavy atom. The van der Waals surface area contributed by atoms with E-state index in [0.717, 1.165) is 16.7 Å². The number of hydrogen-bond donors (Lipinski definition) is 1. The van der Waals surface area contributed by atoms with E-state index in [2.05, 4.69) is 5.32 Å². The van der Waals surface area contributed by atoms with Gasteiger partial charge in [-0.25, -0.2) is 4.39 Å². The van der Waals surface area contributed by atoms with Gasteiger partial charge in [-0.15, -0.1) is 0 Å². The molecule has 2 amide bonds. The zero-order valence-electron chi connectivity index (χ0n) is 19.3. The minimum absolute atomic E-state index is 0.129. The van der Waals surface area contributed by atoms with Crippen LogP contribution in [0.1, 0.15) is 27.0 Å². The Bertz CT molecular complexity index is 1360. The topological polar surface area (TPSA) is 49.4 Å². The third kappa shape index (κ3) is 6.72. The Morgan fingerprint density at radius 1 is 0.778 bits per heavy atom. The number of anilines is 1. The van der Waals surface area contributed by atoms with Crippen molar-refractivity contribution in [3.63, 3.8) is 0 Å². The first kappa shape index (κ1) is 25.4. The standard InChI is InChI=1S/C29H23Cl2FN2O2/c30-23-11-14-26(27(31)17-23)29(36)34(19-21-5-2-1-3-6-21)25-8-4-7-22(15-25)16-28(35)33-18-20-9-12-24(32)13-10-20/h1-15,17H,16,18-19H2,(H,33,35). The lowest BCUT2D eigenvalue weighted by Crippen LogP contribution is -2.31. The number of nitrogens with zero attached hydrogens (tertiary/aromatic N) is 1. The third-order valence-electron chi connectivity index (χ3n) is 5.58. The average molecular weight is 521 g/mol. The van der Waals surface area contributed by atoms with Gasteiger partial charge < -0.3 is 10.2 Å². The quantitative estimate of drug-likeness (QED) is 0.276. The van der Waals surface area contributed by atoms with Crippen molar-refractivity contribution in [2.24, 2.45) is 0 Å². The number of hydrogen-bond acceptors (Lipinski definition) is 2. The van der Waals surface area contributed by atoms with E-state index in [1.54, 1.807) is 35.2 Å². The molecule has 0 fully saturated rings. The van der Waals surface area contributed by atoms with E-state index in [4.69, 9.17) is 23.2 Å². The van der Waals surface area contributed by atoms with Crippen molar-refractivity contribution in [2.45, 2.75) is 19.5 Å². The molecule has 0 atom stereocenters. The molecule has 0 aliphatic carbocycles. The monoisotopic (exact) mass is 520 g/mol. The summed E-state index contributed by atoms with van der Waals surface area (Å²) >= 11 is 12.4. The Labute approximate surface area is 219 Å². The number of rotatable bonds is 8. The molecule has 0 bridgehead atoms. The molecule has 4 rings (SSSR count). The molecule has 0 unspecified atom stereocenters. The van der Waals surface area contributed by atoms with Crippen LogP contribution in [0, 0.1) is 5.82 Å². The van der Waals surface area contributed by atoms with Gasteiger partial charge in [0.15, 0.2) is 0 Å². The van der Waals surface area contributed by atoms with Crippen LogP contribution in [0.3, 0.4) is 0 Å². The molecule has 7 heteroatoms. The highest BCUT2D eigenvalue weighted by molar-refractivity contribution is 6.37. The van der Waals surface area contributed by atoms with Crippen LogP contribution < -0.4 is 10.2 Å². The SMILES string of the molecule is O=C(Cc1cccc(N(Cc2ccccc2)C(=O)c2ccc(Cl)cc2Cl)c1)NCc1ccc(F)cc1. The van der Waals surface area contributed by atoms with Gasteiger partial charge in [-0.2, -0.15) is 0 Å². The summed E-state index contributed by atoms with van der Waals surface area (Å²) in [6.45, 7) is 0.616. The van der Waals surface area contributed by atoms with Gasteiger partial charge in [0.2, 0.25) is 5.91 Å². The number of carbonyl (C=O) groups is 2. The van der Waals surface area contributed by atoms with Crippen molar-refractivity contribution >= 4 is 40.7 Å². The Hall–Kier alpha value is -3.67. The summed E-state index contributed by atoms with van der Waals surface area (Å²) in [4.78, 5) is 27.8. The summed E-state index contributed by atoms with van der Waals surface area (Å²) in [6, 6.07) is 27.7. The largest absolute Gasteiger partial charge is 0.352 e. The van der Waals surface area contributed by atoms with Crippen LogP contribution in [-0.4, -0.2) is 11.8 Å². The fraction of sp³-hybridized carbons (Fsp3) is 0.103. The molecule has 0 radical (unpaired) electrons. The molecule has 0 spiro atoms. The summed E-state index contributed by atoms with van der Waals surface area (Å²) in [5, 5.41) is 3.55. The summed E-state index contributed by atoms with van der Waals surface area (Å²) < 4.78 is 13.1. The molecule has 182 valence electrons. The van der Waals surface area contributed by atoms with E-state index in [1.165, 1.54) is 12.1 Å². The summed E-state index contributed by atoms with van der Waals surface area (Å²) in [6.07, 6.45) is 0.129. The smallest absolute Gasteiger partial charge is 0.260 e. The van der Waals surface area contributed by atoms with Crippen LogP contribution in [-0.2, 0) is 24.3 Å². The Morgan fingerprint density at radius 2 is 1.50 bits per heavy atom. The number of halogens is 3. The number of benzene rings is 4. The van der Waals surface area contributed by atoms with E-state index in [0.29, 0.717) is 29.4 Å². The van der Waals surface area contributed by atoms with Gasteiger partial charge in [0.05, 0.1) is 23.6 Å². The fourth-order valence-electron chi connectivity index (χ4n) is 3.74. The van der Waals surface area contributed by atoms with Gasteiger partial charge in [0.1, 0.15) is 5.82 Å². The van der Waals surface area contributed by atoms with Crippen molar-refractivity contribution < 1.29 is 14.0 Å². The number of carbonyl (C=O) groups excluding carboxylic acids is 2.